The Hall–Kier alpha value is -2.30. The van der Waals surface area contributed by atoms with Crippen molar-refractivity contribution in [2.45, 2.75) is 46.5 Å². The van der Waals surface area contributed by atoms with Gasteiger partial charge in [0, 0.05) is 49.9 Å². The molecule has 0 aromatic carbocycles. The van der Waals surface area contributed by atoms with Crippen molar-refractivity contribution >= 4 is 16.9 Å². The molecule has 3 heterocycles. The van der Waals surface area contributed by atoms with Crippen LogP contribution in [0, 0.1) is 13.0 Å². The van der Waals surface area contributed by atoms with Gasteiger partial charge in [-0.05, 0) is 57.5 Å². The molecule has 0 unspecified atom stereocenters. The molecule has 0 saturated carbocycles. The van der Waals surface area contributed by atoms with Crippen molar-refractivity contribution in [1.29, 1.82) is 0 Å². The van der Waals surface area contributed by atoms with Crippen LogP contribution in [0.5, 0.6) is 0 Å². The first kappa shape index (κ1) is 22.0. The fourth-order valence-electron chi connectivity index (χ4n) is 3.18. The number of aliphatic hydroxyl groups excluding tert-OH is 1. The molecule has 0 spiro atoms. The van der Waals surface area contributed by atoms with Crippen LogP contribution in [0.1, 0.15) is 43.6 Å². The first-order valence-corrected chi connectivity index (χ1v) is 9.07. The number of hydrogen-bond acceptors (Lipinski definition) is 5. The molecule has 1 aliphatic rings. The number of carbonyl (C=O) groups excluding carboxylic acids is 1. The van der Waals surface area contributed by atoms with E-state index in [1.807, 2.05) is 19.2 Å². The molecule has 28 heavy (non-hydrogen) atoms. The van der Waals surface area contributed by atoms with Gasteiger partial charge in [-0.1, -0.05) is 12.1 Å². The van der Waals surface area contributed by atoms with E-state index >= 15 is 0 Å². The van der Waals surface area contributed by atoms with Crippen LogP contribution in [-0.2, 0) is 37.7 Å². The fraction of sp³-hybridized carbons (Fsp3) is 0.318. The van der Waals surface area contributed by atoms with Crippen molar-refractivity contribution in [2.24, 2.45) is 0 Å². The third-order valence-electron chi connectivity index (χ3n) is 4.35. The molecule has 149 valence electrons. The largest absolute Gasteiger partial charge is 0.517 e. The van der Waals surface area contributed by atoms with Crippen LogP contribution in [-0.4, -0.2) is 20.9 Å². The number of aromatic nitrogens is 2. The van der Waals surface area contributed by atoms with Crippen LogP contribution >= 0.6 is 0 Å². The van der Waals surface area contributed by atoms with Crippen molar-refractivity contribution in [1.82, 2.24) is 9.97 Å². The second-order valence-corrected chi connectivity index (χ2v) is 6.78. The van der Waals surface area contributed by atoms with E-state index in [1.54, 1.807) is 6.20 Å². The number of allylic oxidation sites excluding steroid dienone is 2. The molecule has 3 aromatic rings. The van der Waals surface area contributed by atoms with Gasteiger partial charge in [0.05, 0.1) is 17.0 Å². The fourth-order valence-corrected chi connectivity index (χ4v) is 3.18. The van der Waals surface area contributed by atoms with Gasteiger partial charge in [0.15, 0.2) is 5.78 Å². The Morgan fingerprint density at radius 3 is 2.57 bits per heavy atom. The second kappa shape index (κ2) is 9.76. The number of carbonyl (C=O) groups is 1. The van der Waals surface area contributed by atoms with Gasteiger partial charge in [0.2, 0.25) is 0 Å². The molecule has 6 heteroatoms. The summed E-state index contributed by atoms with van der Waals surface area (Å²) in [5.74, 6) is 1.04. The summed E-state index contributed by atoms with van der Waals surface area (Å²) in [5, 5.41) is 8.36. The van der Waals surface area contributed by atoms with Gasteiger partial charge in [-0.15, -0.1) is 5.56 Å². The van der Waals surface area contributed by atoms with E-state index in [0.29, 0.717) is 0 Å². The van der Waals surface area contributed by atoms with Crippen LogP contribution in [0.3, 0.4) is 0 Å². The Bertz CT molecular complexity index is 987. The Kier molecular flexibility index (Phi) is 7.67. The van der Waals surface area contributed by atoms with Gasteiger partial charge in [-0.3, -0.25) is 9.78 Å². The zero-order chi connectivity index (χ0) is 19.4. The van der Waals surface area contributed by atoms with Crippen LogP contribution in [0.2, 0.25) is 0 Å². The van der Waals surface area contributed by atoms with Crippen LogP contribution in [0.4, 0.5) is 0 Å². The maximum atomic E-state index is 10.0. The SMILES string of the molecule is CC(=O)/C=C(/C)O.Cc1ccc(-c2[c-]cnc3c4c(oc23)CCCC4)nc1.[Ir]. The van der Waals surface area contributed by atoms with Crippen molar-refractivity contribution in [2.75, 3.05) is 0 Å². The van der Waals surface area contributed by atoms with Crippen LogP contribution in [0.25, 0.3) is 22.4 Å². The van der Waals surface area contributed by atoms with Gasteiger partial charge >= 0.3 is 0 Å². The number of ketones is 1. The molecule has 4 rings (SSSR count). The average molecular weight is 556 g/mol. The standard InChI is InChI=1S/C17H15N2O.C5H8O2.Ir/c1-11-6-7-14(19-10-11)12-8-9-18-16-13-4-2-3-5-15(13)20-17(12)16;1-4(6)3-5(2)7;/h6-7,9-10H,2-5H2,1H3;3,6H,1-2H3;/q-1;;/b;4-3-;. The average Bonchev–Trinajstić information content (AvgIpc) is 3.01. The zero-order valence-electron chi connectivity index (χ0n) is 16.2. The number of pyridine rings is 2. The molecular weight excluding hydrogens is 532 g/mol. The van der Waals surface area contributed by atoms with E-state index in [1.165, 1.54) is 38.3 Å². The molecule has 3 aromatic heterocycles. The van der Waals surface area contributed by atoms with E-state index in [9.17, 15) is 4.79 Å². The minimum atomic E-state index is -0.125. The van der Waals surface area contributed by atoms with Crippen molar-refractivity contribution < 1.29 is 34.4 Å². The summed E-state index contributed by atoms with van der Waals surface area (Å²) in [6.45, 7) is 4.88. The summed E-state index contributed by atoms with van der Waals surface area (Å²) >= 11 is 0. The third kappa shape index (κ3) is 5.15. The molecule has 0 atom stereocenters. The normalized spacial score (nSPS) is 13.2. The molecule has 0 saturated heterocycles. The smallest absolute Gasteiger partial charge is 0.155 e. The molecule has 1 N–H and O–H groups in total. The minimum absolute atomic E-state index is 0. The second-order valence-electron chi connectivity index (χ2n) is 6.78. The van der Waals surface area contributed by atoms with Crippen LogP contribution in [0.15, 0.2) is 40.8 Å². The Labute approximate surface area is 178 Å². The van der Waals surface area contributed by atoms with E-state index in [4.69, 9.17) is 9.52 Å². The molecule has 0 aliphatic heterocycles. The summed E-state index contributed by atoms with van der Waals surface area (Å²) in [6.07, 6.45) is 9.29. The molecule has 0 amide bonds. The summed E-state index contributed by atoms with van der Waals surface area (Å²) in [6, 6.07) is 7.27. The van der Waals surface area contributed by atoms with Crippen molar-refractivity contribution in [3.8, 4) is 11.3 Å². The first-order chi connectivity index (χ1) is 13.0. The van der Waals surface area contributed by atoms with Crippen molar-refractivity contribution in [3.63, 3.8) is 0 Å². The quantitative estimate of drug-likeness (QED) is 0.276. The maximum Gasteiger partial charge on any atom is 0.155 e. The number of fused-ring (bicyclic) bond motifs is 3. The van der Waals surface area contributed by atoms with E-state index in [0.717, 1.165) is 46.5 Å². The van der Waals surface area contributed by atoms with Gasteiger partial charge in [-0.25, -0.2) is 0 Å². The van der Waals surface area contributed by atoms with E-state index < -0.39 is 0 Å². The number of aryl methyl sites for hydroxylation is 3. The molecule has 0 bridgehead atoms. The summed E-state index contributed by atoms with van der Waals surface area (Å²) < 4.78 is 6.07. The van der Waals surface area contributed by atoms with E-state index in [-0.39, 0.29) is 31.6 Å². The van der Waals surface area contributed by atoms with E-state index in [2.05, 4.69) is 22.1 Å². The predicted octanol–water partition coefficient (Wildman–Crippen LogP) is 4.91. The van der Waals surface area contributed by atoms with Gasteiger partial charge in [0.1, 0.15) is 0 Å². The van der Waals surface area contributed by atoms with Gasteiger partial charge < -0.3 is 14.5 Å². The Balaban J connectivity index is 0.000000306. The summed E-state index contributed by atoms with van der Waals surface area (Å²) in [4.78, 5) is 19.0. The van der Waals surface area contributed by atoms with Gasteiger partial charge in [0.25, 0.3) is 0 Å². The van der Waals surface area contributed by atoms with Crippen LogP contribution < -0.4 is 0 Å². The molecule has 0 fully saturated rings. The van der Waals surface area contributed by atoms with Gasteiger partial charge in [-0.2, -0.15) is 6.07 Å². The minimum Gasteiger partial charge on any atom is -0.517 e. The number of nitrogens with zero attached hydrogens (tertiary/aromatic N) is 2. The third-order valence-corrected chi connectivity index (χ3v) is 4.35. The summed E-state index contributed by atoms with van der Waals surface area (Å²) in [5.41, 5.74) is 6.09. The number of hydrogen-bond donors (Lipinski definition) is 1. The number of aliphatic hydroxyl groups is 1. The molecule has 1 radical (unpaired) electrons. The summed E-state index contributed by atoms with van der Waals surface area (Å²) in [7, 11) is 0. The Morgan fingerprint density at radius 1 is 1.21 bits per heavy atom. The van der Waals surface area contributed by atoms with Crippen molar-refractivity contribution in [3.05, 3.63) is 59.3 Å². The Morgan fingerprint density at radius 2 is 1.96 bits per heavy atom. The molecular formula is C22H23IrN2O3-. The topological polar surface area (TPSA) is 76.2 Å². The first-order valence-electron chi connectivity index (χ1n) is 9.07. The molecule has 1 aliphatic carbocycles. The number of rotatable bonds is 2. The maximum absolute atomic E-state index is 10.0. The molecule has 5 nitrogen and oxygen atoms in total. The number of furan rings is 1. The monoisotopic (exact) mass is 556 g/mol. The predicted molar refractivity (Wildman–Crippen MR) is 105 cm³/mol. The zero-order valence-corrected chi connectivity index (χ0v) is 18.6.